The van der Waals surface area contributed by atoms with Gasteiger partial charge < -0.3 is 5.11 Å². The van der Waals surface area contributed by atoms with Crippen LogP contribution < -0.4 is 0 Å². The van der Waals surface area contributed by atoms with Gasteiger partial charge in [-0.3, -0.25) is 9.48 Å². The molecule has 4 heteroatoms. The van der Waals surface area contributed by atoms with Crippen molar-refractivity contribution >= 4 is 5.78 Å². The average Bonchev–Trinajstić information content (AvgIpc) is 2.75. The number of nitrogens with zero attached hydrogens (tertiary/aromatic N) is 2. The van der Waals surface area contributed by atoms with Crippen LogP contribution in [-0.4, -0.2) is 27.3 Å². The molecule has 4 nitrogen and oxygen atoms in total. The topological polar surface area (TPSA) is 55.1 Å². The first-order chi connectivity index (χ1) is 11.1. The minimum absolute atomic E-state index is 0.0612. The molecular weight excluding hydrogens is 300 g/mol. The highest BCUT2D eigenvalue weighted by Gasteiger charge is 2.33. The van der Waals surface area contributed by atoms with Gasteiger partial charge in [-0.25, -0.2) is 0 Å². The van der Waals surface area contributed by atoms with E-state index in [9.17, 15) is 9.90 Å². The SMILES string of the molecule is CC(Cc1nn(CCO)c2c1C(=O)CC(C(C)C)C2)CC(C)(C)C. The first kappa shape index (κ1) is 19.2. The van der Waals surface area contributed by atoms with Crippen LogP contribution in [0.5, 0.6) is 0 Å². The van der Waals surface area contributed by atoms with Crippen molar-refractivity contribution in [2.75, 3.05) is 6.61 Å². The number of carbonyl (C=O) groups is 1. The van der Waals surface area contributed by atoms with E-state index in [1.54, 1.807) is 0 Å². The number of aliphatic hydroxyl groups is 1. The summed E-state index contributed by atoms with van der Waals surface area (Å²) in [6.45, 7) is 13.9. The summed E-state index contributed by atoms with van der Waals surface area (Å²) < 4.78 is 1.89. The van der Waals surface area contributed by atoms with Gasteiger partial charge in [-0.1, -0.05) is 41.5 Å². The molecular formula is C20H34N2O2. The van der Waals surface area contributed by atoms with Crippen molar-refractivity contribution in [2.45, 2.75) is 73.8 Å². The summed E-state index contributed by atoms with van der Waals surface area (Å²) in [4.78, 5) is 12.8. The van der Waals surface area contributed by atoms with Crippen molar-refractivity contribution in [3.05, 3.63) is 17.0 Å². The fourth-order valence-electron chi connectivity index (χ4n) is 4.08. The first-order valence-electron chi connectivity index (χ1n) is 9.35. The van der Waals surface area contributed by atoms with E-state index in [2.05, 4.69) is 41.5 Å². The van der Waals surface area contributed by atoms with Gasteiger partial charge in [0.15, 0.2) is 5.78 Å². The molecule has 24 heavy (non-hydrogen) atoms. The van der Waals surface area contributed by atoms with Crippen LogP contribution >= 0.6 is 0 Å². The van der Waals surface area contributed by atoms with E-state index >= 15 is 0 Å². The molecule has 1 aliphatic rings. The van der Waals surface area contributed by atoms with Crippen LogP contribution in [0.3, 0.4) is 0 Å². The second-order valence-electron chi connectivity index (χ2n) is 9.12. The van der Waals surface area contributed by atoms with Crippen molar-refractivity contribution in [3.63, 3.8) is 0 Å². The Balaban J connectivity index is 2.31. The second kappa shape index (κ2) is 7.38. The Morgan fingerprint density at radius 1 is 1.25 bits per heavy atom. The molecule has 2 atom stereocenters. The number of aliphatic hydroxyl groups excluding tert-OH is 1. The molecule has 0 saturated heterocycles. The summed E-state index contributed by atoms with van der Waals surface area (Å²) in [6, 6.07) is 0. The summed E-state index contributed by atoms with van der Waals surface area (Å²) in [5.41, 5.74) is 3.14. The number of hydrogen-bond donors (Lipinski definition) is 1. The Hall–Kier alpha value is -1.16. The summed E-state index contributed by atoms with van der Waals surface area (Å²) in [5, 5.41) is 14.1. The van der Waals surface area contributed by atoms with Gasteiger partial charge in [0.2, 0.25) is 0 Å². The van der Waals surface area contributed by atoms with Crippen molar-refractivity contribution in [1.29, 1.82) is 0 Å². The minimum atomic E-state index is 0.0612. The maximum Gasteiger partial charge on any atom is 0.166 e. The lowest BCUT2D eigenvalue weighted by molar-refractivity contribution is 0.0930. The fourth-order valence-corrected chi connectivity index (χ4v) is 4.08. The quantitative estimate of drug-likeness (QED) is 0.858. The lowest BCUT2D eigenvalue weighted by Gasteiger charge is -2.26. The molecule has 1 heterocycles. The molecule has 0 radical (unpaired) electrons. The molecule has 0 spiro atoms. The number of hydrogen-bond acceptors (Lipinski definition) is 3. The second-order valence-corrected chi connectivity index (χ2v) is 9.12. The van der Waals surface area contributed by atoms with Gasteiger partial charge in [0, 0.05) is 12.1 Å². The molecule has 1 aliphatic carbocycles. The normalized spacial score (nSPS) is 19.7. The Morgan fingerprint density at radius 3 is 2.46 bits per heavy atom. The fraction of sp³-hybridized carbons (Fsp3) is 0.800. The van der Waals surface area contributed by atoms with E-state index in [1.807, 2.05) is 4.68 Å². The lowest BCUT2D eigenvalue weighted by atomic mass is 9.78. The third-order valence-corrected chi connectivity index (χ3v) is 5.07. The summed E-state index contributed by atoms with van der Waals surface area (Å²) in [5.74, 6) is 1.61. The molecule has 1 aromatic rings. The van der Waals surface area contributed by atoms with Crippen molar-refractivity contribution in [1.82, 2.24) is 9.78 Å². The summed E-state index contributed by atoms with van der Waals surface area (Å²) >= 11 is 0. The van der Waals surface area contributed by atoms with Gasteiger partial charge in [0.05, 0.1) is 24.4 Å². The first-order valence-corrected chi connectivity index (χ1v) is 9.35. The van der Waals surface area contributed by atoms with Crippen LogP contribution in [0.15, 0.2) is 0 Å². The molecule has 2 unspecified atom stereocenters. The zero-order chi connectivity index (χ0) is 18.1. The Bertz CT molecular complexity index is 581. The Morgan fingerprint density at radius 2 is 1.92 bits per heavy atom. The lowest BCUT2D eigenvalue weighted by Crippen LogP contribution is -2.26. The van der Waals surface area contributed by atoms with Crippen molar-refractivity contribution < 1.29 is 9.90 Å². The van der Waals surface area contributed by atoms with Crippen LogP contribution in [0.25, 0.3) is 0 Å². The Kier molecular flexibility index (Phi) is 5.90. The maximum absolute atomic E-state index is 12.8. The standard InChI is InChI=1S/C20H34N2O2/c1-13(2)15-10-17-19(18(24)11-15)16(21-22(17)7-8-23)9-14(3)12-20(4,5)6/h13-15,23H,7-12H2,1-6H3. The van der Waals surface area contributed by atoms with Crippen LogP contribution in [-0.2, 0) is 19.4 Å². The molecule has 0 amide bonds. The highest BCUT2D eigenvalue weighted by molar-refractivity contribution is 5.99. The van der Waals surface area contributed by atoms with Crippen molar-refractivity contribution in [2.24, 2.45) is 23.2 Å². The van der Waals surface area contributed by atoms with Crippen LogP contribution in [0.1, 0.15) is 76.1 Å². The molecule has 136 valence electrons. The summed E-state index contributed by atoms with van der Waals surface area (Å²) in [6.07, 6.45) is 3.49. The van der Waals surface area contributed by atoms with Crippen LogP contribution in [0.2, 0.25) is 0 Å². The predicted molar refractivity (Wildman–Crippen MR) is 97.2 cm³/mol. The minimum Gasteiger partial charge on any atom is -0.394 e. The molecule has 1 aromatic heterocycles. The highest BCUT2D eigenvalue weighted by atomic mass is 16.3. The number of carbonyl (C=O) groups excluding carboxylic acids is 1. The van der Waals surface area contributed by atoms with Crippen LogP contribution in [0, 0.1) is 23.2 Å². The van der Waals surface area contributed by atoms with Gasteiger partial charge >= 0.3 is 0 Å². The number of Topliss-reactive ketones (excluding diaryl/α,β-unsaturated/α-hetero) is 1. The third-order valence-electron chi connectivity index (χ3n) is 5.07. The third kappa shape index (κ3) is 4.47. The number of ketones is 1. The van der Waals surface area contributed by atoms with E-state index in [4.69, 9.17) is 5.10 Å². The smallest absolute Gasteiger partial charge is 0.166 e. The van der Waals surface area contributed by atoms with Crippen LogP contribution in [0.4, 0.5) is 0 Å². The van der Waals surface area contributed by atoms with E-state index in [0.717, 1.165) is 36.2 Å². The number of aromatic nitrogens is 2. The number of rotatable bonds is 6. The van der Waals surface area contributed by atoms with Gasteiger partial charge in [0.1, 0.15) is 0 Å². The van der Waals surface area contributed by atoms with Gasteiger partial charge in [0.25, 0.3) is 0 Å². The Labute approximate surface area is 146 Å². The predicted octanol–water partition coefficient (Wildman–Crippen LogP) is 3.89. The zero-order valence-corrected chi connectivity index (χ0v) is 16.2. The van der Waals surface area contributed by atoms with Gasteiger partial charge in [-0.15, -0.1) is 0 Å². The van der Waals surface area contributed by atoms with E-state index < -0.39 is 0 Å². The molecule has 0 aliphatic heterocycles. The molecule has 1 N–H and O–H groups in total. The van der Waals surface area contributed by atoms with Gasteiger partial charge in [-0.2, -0.15) is 5.10 Å². The molecule has 0 bridgehead atoms. The number of fused-ring (bicyclic) bond motifs is 1. The van der Waals surface area contributed by atoms with E-state index in [0.29, 0.717) is 30.7 Å². The monoisotopic (exact) mass is 334 g/mol. The van der Waals surface area contributed by atoms with Crippen molar-refractivity contribution in [3.8, 4) is 0 Å². The molecule has 0 aromatic carbocycles. The maximum atomic E-state index is 12.8. The highest BCUT2D eigenvalue weighted by Crippen LogP contribution is 2.34. The van der Waals surface area contributed by atoms with E-state index in [-0.39, 0.29) is 17.8 Å². The summed E-state index contributed by atoms with van der Waals surface area (Å²) in [7, 11) is 0. The molecule has 0 fully saturated rings. The zero-order valence-electron chi connectivity index (χ0n) is 16.2. The average molecular weight is 335 g/mol. The van der Waals surface area contributed by atoms with E-state index in [1.165, 1.54) is 0 Å². The van der Waals surface area contributed by atoms with Gasteiger partial charge in [-0.05, 0) is 42.4 Å². The molecule has 2 rings (SSSR count). The largest absolute Gasteiger partial charge is 0.394 e. The molecule has 0 saturated carbocycles.